The van der Waals surface area contributed by atoms with Gasteiger partial charge in [-0.2, -0.15) is 0 Å². The van der Waals surface area contributed by atoms with E-state index < -0.39 is 0 Å². The Morgan fingerprint density at radius 1 is 1.43 bits per heavy atom. The molecule has 80 valence electrons. The molecule has 0 aromatic carbocycles. The lowest BCUT2D eigenvalue weighted by Gasteiger charge is -2.25. The average molecular weight is 195 g/mol. The summed E-state index contributed by atoms with van der Waals surface area (Å²) in [5, 5.41) is 7.85. The maximum atomic E-state index is 7.85. The quantitative estimate of drug-likeness (QED) is 0.740. The van der Waals surface area contributed by atoms with E-state index in [-0.39, 0.29) is 0 Å². The molecule has 0 saturated carbocycles. The van der Waals surface area contributed by atoms with Gasteiger partial charge in [0.05, 0.1) is 5.84 Å². The third-order valence-corrected chi connectivity index (χ3v) is 3.39. The van der Waals surface area contributed by atoms with Gasteiger partial charge in [-0.15, -0.1) is 0 Å². The molecule has 2 heterocycles. The van der Waals surface area contributed by atoms with Crippen LogP contribution in [0.15, 0.2) is 0 Å². The normalized spacial score (nSPS) is 29.1. The molecule has 0 bridgehead atoms. The zero-order valence-electron chi connectivity index (χ0n) is 9.13. The standard InChI is InChI=1S/C11H21N3/c1-2-6-13-8-5-10(9-13)14-7-3-4-11(14)12/h10,12H,2-9H2,1H3. The van der Waals surface area contributed by atoms with Crippen LogP contribution in [0.1, 0.15) is 32.6 Å². The van der Waals surface area contributed by atoms with E-state index in [1.807, 2.05) is 0 Å². The van der Waals surface area contributed by atoms with Crippen molar-refractivity contribution >= 4 is 5.84 Å². The second-order valence-electron chi connectivity index (χ2n) is 4.49. The molecule has 1 N–H and O–H groups in total. The van der Waals surface area contributed by atoms with E-state index in [4.69, 9.17) is 5.41 Å². The van der Waals surface area contributed by atoms with Crippen LogP contribution in [0.3, 0.4) is 0 Å². The Bertz CT molecular complexity index is 215. The third kappa shape index (κ3) is 1.92. The van der Waals surface area contributed by atoms with E-state index in [2.05, 4.69) is 16.7 Å². The first-order valence-electron chi connectivity index (χ1n) is 5.87. The summed E-state index contributed by atoms with van der Waals surface area (Å²) < 4.78 is 0. The summed E-state index contributed by atoms with van der Waals surface area (Å²) in [7, 11) is 0. The Labute approximate surface area is 86.6 Å². The maximum absolute atomic E-state index is 7.85. The van der Waals surface area contributed by atoms with Gasteiger partial charge in [0.1, 0.15) is 0 Å². The summed E-state index contributed by atoms with van der Waals surface area (Å²) in [6.07, 6.45) is 4.72. The molecule has 3 nitrogen and oxygen atoms in total. The lowest BCUT2D eigenvalue weighted by atomic mass is 10.2. The molecular weight excluding hydrogens is 174 g/mol. The molecule has 2 aliphatic heterocycles. The van der Waals surface area contributed by atoms with Crippen molar-refractivity contribution in [2.45, 2.75) is 38.6 Å². The monoisotopic (exact) mass is 195 g/mol. The molecule has 3 heteroatoms. The van der Waals surface area contributed by atoms with Crippen molar-refractivity contribution in [1.29, 1.82) is 5.41 Å². The fourth-order valence-corrected chi connectivity index (χ4v) is 2.68. The highest BCUT2D eigenvalue weighted by Gasteiger charge is 2.30. The Morgan fingerprint density at radius 3 is 2.93 bits per heavy atom. The Hall–Kier alpha value is -0.570. The van der Waals surface area contributed by atoms with Crippen LogP contribution in [0.25, 0.3) is 0 Å². The highest BCUT2D eigenvalue weighted by atomic mass is 15.3. The summed E-state index contributed by atoms with van der Waals surface area (Å²) in [5.74, 6) is 0.883. The van der Waals surface area contributed by atoms with Crippen LogP contribution in [0.2, 0.25) is 0 Å². The number of likely N-dealkylation sites (tertiary alicyclic amines) is 2. The van der Waals surface area contributed by atoms with Crippen LogP contribution in [0.5, 0.6) is 0 Å². The molecule has 14 heavy (non-hydrogen) atoms. The van der Waals surface area contributed by atoms with Gasteiger partial charge in [-0.1, -0.05) is 6.92 Å². The topological polar surface area (TPSA) is 30.3 Å². The SMILES string of the molecule is CCCN1CCC(N2CCCC2=N)C1. The first kappa shape index (κ1) is 9.97. The van der Waals surface area contributed by atoms with Gasteiger partial charge in [0.25, 0.3) is 0 Å². The van der Waals surface area contributed by atoms with Gasteiger partial charge in [0.15, 0.2) is 0 Å². The second-order valence-corrected chi connectivity index (χ2v) is 4.49. The van der Waals surface area contributed by atoms with Crippen molar-refractivity contribution in [1.82, 2.24) is 9.80 Å². The average Bonchev–Trinajstić information content (AvgIpc) is 2.74. The molecule has 0 radical (unpaired) electrons. The van der Waals surface area contributed by atoms with Crippen LogP contribution in [-0.4, -0.2) is 47.9 Å². The van der Waals surface area contributed by atoms with Crippen LogP contribution >= 0.6 is 0 Å². The molecule has 0 aliphatic carbocycles. The smallest absolute Gasteiger partial charge is 0.0961 e. The summed E-state index contributed by atoms with van der Waals surface area (Å²) in [6.45, 7) is 7.03. The van der Waals surface area contributed by atoms with Crippen molar-refractivity contribution in [3.05, 3.63) is 0 Å². The fraction of sp³-hybridized carbons (Fsp3) is 0.909. The minimum absolute atomic E-state index is 0.650. The second kappa shape index (κ2) is 4.30. The van der Waals surface area contributed by atoms with Gasteiger partial charge in [0.2, 0.25) is 0 Å². The molecule has 2 aliphatic rings. The summed E-state index contributed by atoms with van der Waals surface area (Å²) in [4.78, 5) is 4.87. The minimum Gasteiger partial charge on any atom is -0.356 e. The van der Waals surface area contributed by atoms with E-state index in [1.165, 1.54) is 38.9 Å². The van der Waals surface area contributed by atoms with Crippen molar-refractivity contribution in [3.63, 3.8) is 0 Å². The zero-order valence-corrected chi connectivity index (χ0v) is 9.13. The molecular formula is C11H21N3. The number of hydrogen-bond acceptors (Lipinski definition) is 2. The van der Waals surface area contributed by atoms with E-state index in [0.717, 1.165) is 18.8 Å². The molecule has 0 amide bonds. The van der Waals surface area contributed by atoms with Gasteiger partial charge >= 0.3 is 0 Å². The van der Waals surface area contributed by atoms with Crippen molar-refractivity contribution in [2.75, 3.05) is 26.2 Å². The van der Waals surface area contributed by atoms with E-state index >= 15 is 0 Å². The zero-order chi connectivity index (χ0) is 9.97. The first-order valence-corrected chi connectivity index (χ1v) is 5.87. The van der Waals surface area contributed by atoms with Gasteiger partial charge < -0.3 is 9.80 Å². The highest BCUT2D eigenvalue weighted by molar-refractivity contribution is 5.81. The Kier molecular flexibility index (Phi) is 3.06. The number of nitrogens with zero attached hydrogens (tertiary/aromatic N) is 2. The molecule has 0 spiro atoms. The lowest BCUT2D eigenvalue weighted by Crippen LogP contribution is -2.38. The van der Waals surface area contributed by atoms with Gasteiger partial charge in [0, 0.05) is 32.1 Å². The van der Waals surface area contributed by atoms with Gasteiger partial charge in [-0.25, -0.2) is 0 Å². The molecule has 0 aromatic rings. The number of rotatable bonds is 3. The predicted molar refractivity (Wildman–Crippen MR) is 58.8 cm³/mol. The maximum Gasteiger partial charge on any atom is 0.0961 e. The minimum atomic E-state index is 0.650. The first-order chi connectivity index (χ1) is 6.81. The number of nitrogens with one attached hydrogen (secondary N) is 1. The van der Waals surface area contributed by atoms with Crippen LogP contribution in [0.4, 0.5) is 0 Å². The van der Waals surface area contributed by atoms with Crippen molar-refractivity contribution < 1.29 is 0 Å². The molecule has 0 aromatic heterocycles. The number of amidine groups is 1. The van der Waals surface area contributed by atoms with E-state index in [0.29, 0.717) is 6.04 Å². The van der Waals surface area contributed by atoms with Crippen LogP contribution in [0, 0.1) is 5.41 Å². The molecule has 2 fully saturated rings. The van der Waals surface area contributed by atoms with Crippen molar-refractivity contribution in [3.8, 4) is 0 Å². The molecule has 1 atom stereocenters. The van der Waals surface area contributed by atoms with Gasteiger partial charge in [-0.05, 0) is 25.8 Å². The highest BCUT2D eigenvalue weighted by Crippen LogP contribution is 2.21. The van der Waals surface area contributed by atoms with E-state index in [9.17, 15) is 0 Å². The molecule has 2 rings (SSSR count). The molecule has 1 unspecified atom stereocenters. The lowest BCUT2D eigenvalue weighted by molar-refractivity contribution is 0.290. The third-order valence-electron chi connectivity index (χ3n) is 3.39. The van der Waals surface area contributed by atoms with Crippen LogP contribution < -0.4 is 0 Å². The summed E-state index contributed by atoms with van der Waals surface area (Å²) in [5.41, 5.74) is 0. The fourth-order valence-electron chi connectivity index (χ4n) is 2.68. The Balaban J connectivity index is 1.85. The van der Waals surface area contributed by atoms with Gasteiger partial charge in [-0.3, -0.25) is 5.41 Å². The van der Waals surface area contributed by atoms with E-state index in [1.54, 1.807) is 0 Å². The largest absolute Gasteiger partial charge is 0.356 e. The Morgan fingerprint density at radius 2 is 2.29 bits per heavy atom. The number of hydrogen-bond donors (Lipinski definition) is 1. The summed E-state index contributed by atoms with van der Waals surface area (Å²) >= 11 is 0. The summed E-state index contributed by atoms with van der Waals surface area (Å²) in [6, 6.07) is 0.650. The van der Waals surface area contributed by atoms with Crippen LogP contribution in [-0.2, 0) is 0 Å². The van der Waals surface area contributed by atoms with Crippen molar-refractivity contribution in [2.24, 2.45) is 0 Å². The predicted octanol–water partition coefficient (Wildman–Crippen LogP) is 1.54. The molecule has 2 saturated heterocycles.